The predicted molar refractivity (Wildman–Crippen MR) is 154 cm³/mol. The van der Waals surface area contributed by atoms with E-state index in [1.165, 1.54) is 14.0 Å². The number of aldehydes is 1. The molecule has 0 aromatic heterocycles. The van der Waals surface area contributed by atoms with Gasteiger partial charge in [-0.2, -0.15) is 0 Å². The number of aliphatic hydroxyl groups is 7. The second-order valence-corrected chi connectivity index (χ2v) is 9.97. The van der Waals surface area contributed by atoms with Crippen LogP contribution in [0.2, 0.25) is 0 Å². The van der Waals surface area contributed by atoms with Crippen LogP contribution in [0.3, 0.4) is 0 Å². The van der Waals surface area contributed by atoms with Gasteiger partial charge in [0.25, 0.3) is 0 Å². The third kappa shape index (κ3) is 8.69. The van der Waals surface area contributed by atoms with Crippen molar-refractivity contribution in [1.82, 2.24) is 16.0 Å². The molecule has 1 saturated carbocycles. The Bertz CT molecular complexity index is 940. The van der Waals surface area contributed by atoms with Crippen molar-refractivity contribution in [1.29, 1.82) is 10.8 Å². The van der Waals surface area contributed by atoms with E-state index in [0.29, 0.717) is 0 Å². The molecule has 3 rings (SSSR count). The number of ether oxygens (including phenoxy) is 4. The van der Waals surface area contributed by atoms with Crippen LogP contribution in [-0.4, -0.2) is 197 Å². The van der Waals surface area contributed by atoms with E-state index in [0.717, 1.165) is 0 Å². The number of likely N-dealkylation sites (N-methyl/N-ethyl adjacent to an activating group) is 1. The molecular formula is C21H43CaCl2N7O12. The first kappa shape index (κ1) is 42.6. The van der Waals surface area contributed by atoms with Crippen molar-refractivity contribution in [2.24, 2.45) is 11.5 Å². The Labute approximate surface area is 288 Å². The van der Waals surface area contributed by atoms with E-state index in [4.69, 9.17) is 41.2 Å². The number of aliphatic hydroxyl groups excluding tert-OH is 6. The summed E-state index contributed by atoms with van der Waals surface area (Å²) in [6.45, 7) is 0.613. The van der Waals surface area contributed by atoms with Gasteiger partial charge in [-0.1, -0.05) is 0 Å². The Morgan fingerprint density at radius 1 is 0.884 bits per heavy atom. The van der Waals surface area contributed by atoms with Crippen molar-refractivity contribution < 1.29 is 59.5 Å². The summed E-state index contributed by atoms with van der Waals surface area (Å²) >= 11 is 0. The van der Waals surface area contributed by atoms with E-state index in [9.17, 15) is 40.5 Å². The average Bonchev–Trinajstić information content (AvgIpc) is 3.13. The number of nitrogens with two attached hydrogens (primary N) is 2. The summed E-state index contributed by atoms with van der Waals surface area (Å²) < 4.78 is 22.9. The van der Waals surface area contributed by atoms with Gasteiger partial charge in [-0.3, -0.25) is 15.6 Å². The van der Waals surface area contributed by atoms with Crippen molar-refractivity contribution in [3.63, 3.8) is 0 Å². The number of halogens is 2. The molecule has 0 spiro atoms. The molecule has 250 valence electrons. The summed E-state index contributed by atoms with van der Waals surface area (Å²) in [5.41, 5.74) is 8.38. The second-order valence-electron chi connectivity index (χ2n) is 9.97. The standard InChI is InChI=1S/C21H39N7O12.Ca.2ClH.2H/c1-5-21(36,4-30)16(40-17-9(26-2)13(34)10(31)6(3-29)38-17)18(37-5)39-15-8(28-20(24)25)11(32)7(27-19(22)23)12(33)14(15)35;;;;;/h4-18,26,29,31-36H,3H2,1-2H3,(H4,22,23,27)(H4,24,25,28);;2*1H;;/t5-,6-,7+,8-,9-,10-,11+,12-,13-,14+,15+,16-,17-,18-,21+;;;;;/m0...../s1. The van der Waals surface area contributed by atoms with Gasteiger partial charge in [0.2, 0.25) is 0 Å². The van der Waals surface area contributed by atoms with Crippen molar-refractivity contribution >= 4 is 80.8 Å². The summed E-state index contributed by atoms with van der Waals surface area (Å²) in [6.07, 6.45) is -17.3. The second kappa shape index (κ2) is 17.5. The zero-order chi connectivity index (χ0) is 30.1. The van der Waals surface area contributed by atoms with Crippen LogP contribution in [0.4, 0.5) is 0 Å². The first-order valence-electron chi connectivity index (χ1n) is 12.4. The summed E-state index contributed by atoms with van der Waals surface area (Å²) in [5, 5.41) is 96.4. The van der Waals surface area contributed by atoms with E-state index in [1.807, 2.05) is 0 Å². The molecule has 0 bridgehead atoms. The zero-order valence-corrected chi connectivity index (χ0v) is 24.1. The first-order valence-corrected chi connectivity index (χ1v) is 12.4. The van der Waals surface area contributed by atoms with Gasteiger partial charge in [-0.15, -0.1) is 24.8 Å². The normalized spacial score (nSPS) is 44.1. The van der Waals surface area contributed by atoms with Gasteiger partial charge in [0.15, 0.2) is 36.4 Å². The van der Waals surface area contributed by atoms with Gasteiger partial charge in [0, 0.05) is 0 Å². The molecule has 43 heavy (non-hydrogen) atoms. The molecule has 0 amide bonds. The third-order valence-electron chi connectivity index (χ3n) is 7.46. The fourth-order valence-electron chi connectivity index (χ4n) is 5.18. The molecule has 1 aliphatic carbocycles. The minimum absolute atomic E-state index is 0. The van der Waals surface area contributed by atoms with Gasteiger partial charge < -0.3 is 82.1 Å². The fourth-order valence-corrected chi connectivity index (χ4v) is 5.18. The Hall–Kier alpha value is -0.430. The Morgan fingerprint density at radius 3 is 1.91 bits per heavy atom. The van der Waals surface area contributed by atoms with Gasteiger partial charge in [0.1, 0.15) is 42.7 Å². The monoisotopic (exact) mass is 695 g/mol. The van der Waals surface area contributed by atoms with E-state index in [1.54, 1.807) is 0 Å². The molecule has 3 fully saturated rings. The third-order valence-corrected chi connectivity index (χ3v) is 7.46. The molecule has 0 radical (unpaired) electrons. The molecule has 0 aromatic rings. The Balaban J connectivity index is 0.00000588. The number of nitrogens with one attached hydrogen (secondary N) is 5. The molecule has 16 N–H and O–H groups in total. The average molecular weight is 697 g/mol. The first-order chi connectivity index (χ1) is 18.7. The van der Waals surface area contributed by atoms with Crippen molar-refractivity contribution in [2.45, 2.75) is 98.2 Å². The molecule has 2 saturated heterocycles. The van der Waals surface area contributed by atoms with E-state index in [2.05, 4.69) is 16.0 Å². The molecule has 0 aromatic carbocycles. The molecule has 22 heteroatoms. The van der Waals surface area contributed by atoms with Crippen LogP contribution in [-0.2, 0) is 23.7 Å². The van der Waals surface area contributed by atoms with Gasteiger partial charge in [0.05, 0.1) is 36.9 Å². The van der Waals surface area contributed by atoms with E-state index in [-0.39, 0.29) is 68.8 Å². The maximum atomic E-state index is 12.1. The van der Waals surface area contributed by atoms with Crippen molar-refractivity contribution in [3.05, 3.63) is 0 Å². The number of guanidine groups is 2. The molecule has 2 aliphatic heterocycles. The van der Waals surface area contributed by atoms with Crippen LogP contribution in [0.5, 0.6) is 0 Å². The van der Waals surface area contributed by atoms with Crippen LogP contribution in [0, 0.1) is 10.8 Å². The molecule has 0 unspecified atom stereocenters. The van der Waals surface area contributed by atoms with E-state index >= 15 is 0 Å². The van der Waals surface area contributed by atoms with Crippen LogP contribution >= 0.6 is 24.8 Å². The summed E-state index contributed by atoms with van der Waals surface area (Å²) in [5.74, 6) is -1.29. The Kier molecular flexibility index (Phi) is 17.3. The topological polar surface area (TPSA) is 331 Å². The molecule has 2 heterocycles. The van der Waals surface area contributed by atoms with Gasteiger partial charge in [-0.05, 0) is 14.0 Å². The minimum atomic E-state index is -2.39. The van der Waals surface area contributed by atoms with E-state index < -0.39 is 110 Å². The Morgan fingerprint density at radius 2 is 1.42 bits per heavy atom. The van der Waals surface area contributed by atoms with Crippen molar-refractivity contribution in [2.75, 3.05) is 13.7 Å². The maximum absolute atomic E-state index is 12.1. The molecule has 19 nitrogen and oxygen atoms in total. The summed E-state index contributed by atoms with van der Waals surface area (Å²) in [4.78, 5) is 12.1. The van der Waals surface area contributed by atoms with Crippen LogP contribution < -0.4 is 27.4 Å². The molecule has 15 atom stereocenters. The van der Waals surface area contributed by atoms with Gasteiger partial charge in [-0.25, -0.2) is 0 Å². The van der Waals surface area contributed by atoms with Crippen LogP contribution in [0.25, 0.3) is 0 Å². The number of carbonyl (C=O) groups excluding carboxylic acids is 1. The predicted octanol–water partition coefficient (Wildman–Crippen LogP) is -7.81. The summed E-state index contributed by atoms with van der Waals surface area (Å²) in [7, 11) is 1.41. The van der Waals surface area contributed by atoms with Crippen LogP contribution in [0.1, 0.15) is 6.92 Å². The number of carbonyl (C=O) groups is 1. The fraction of sp³-hybridized carbons (Fsp3) is 0.857. The zero-order valence-electron chi connectivity index (χ0n) is 22.5. The SMILES string of the molecule is CN[C@@H]1[C@H](O[C@H]2[C@H](O[C@H]3[C@H](O)[C@@H](O)[C@H](NC(=N)N)[C@@H](O)[C@@H]3NC(=N)N)O[C@@H](C)[C@]2(O)C=O)O[C@@H](CO)[C@H](O)[C@H]1O.Cl.Cl.[CaH2]. The molecular weight excluding hydrogens is 653 g/mol. The van der Waals surface area contributed by atoms with Gasteiger partial charge >= 0.3 is 37.7 Å². The number of hydrogen-bond donors (Lipinski definition) is 14. The number of rotatable bonds is 9. The van der Waals surface area contributed by atoms with Crippen LogP contribution in [0.15, 0.2) is 0 Å². The van der Waals surface area contributed by atoms with Crippen molar-refractivity contribution in [3.8, 4) is 0 Å². The summed E-state index contributed by atoms with van der Waals surface area (Å²) in [6, 6.07) is -3.95. The number of hydrogen-bond acceptors (Lipinski definition) is 15. The molecule has 3 aliphatic rings. The quantitative estimate of drug-likeness (QED) is 0.0461.